The third-order valence-electron chi connectivity index (χ3n) is 4.71. The number of rotatable bonds is 5. The summed E-state index contributed by atoms with van der Waals surface area (Å²) in [6.45, 7) is 7.20. The molecule has 1 aliphatic heterocycles. The number of hydrogen-bond donors (Lipinski definition) is 2. The Balaban J connectivity index is 1.51. The van der Waals surface area contributed by atoms with E-state index in [1.165, 1.54) is 4.90 Å². The van der Waals surface area contributed by atoms with Gasteiger partial charge in [-0.2, -0.15) is 0 Å². The first-order valence-electron chi connectivity index (χ1n) is 8.52. The van der Waals surface area contributed by atoms with Crippen LogP contribution in [0.1, 0.15) is 51.5 Å². The highest BCUT2D eigenvalue weighted by Crippen LogP contribution is 2.29. The zero-order valence-corrected chi connectivity index (χ0v) is 13.7. The van der Waals surface area contributed by atoms with E-state index in [9.17, 15) is 9.59 Å². The molecule has 1 fully saturated rings. The first kappa shape index (κ1) is 16.2. The van der Waals surface area contributed by atoms with E-state index in [1.54, 1.807) is 6.92 Å². The fourth-order valence-electron chi connectivity index (χ4n) is 3.40. The average molecular weight is 321 g/mol. The number of hydrogen-bond acceptors (Lipinski definition) is 4. The van der Waals surface area contributed by atoms with Gasteiger partial charge in [0.05, 0.1) is 25.3 Å². The predicted octanol–water partition coefficient (Wildman–Crippen LogP) is 0.142. The maximum Gasteiger partial charge on any atom is 0.287 e. The summed E-state index contributed by atoms with van der Waals surface area (Å²) in [6.07, 6.45) is 3.04. The van der Waals surface area contributed by atoms with E-state index in [-0.39, 0.29) is 11.7 Å². The Labute approximate surface area is 136 Å². The van der Waals surface area contributed by atoms with Gasteiger partial charge in [-0.25, -0.2) is 0 Å². The Morgan fingerprint density at radius 3 is 2.78 bits per heavy atom. The number of ketones is 1. The number of aryl methyl sites for hydroxylation is 1. The summed E-state index contributed by atoms with van der Waals surface area (Å²) in [5.41, 5.74) is 1.33. The van der Waals surface area contributed by atoms with Crippen molar-refractivity contribution in [3.63, 3.8) is 0 Å². The van der Waals surface area contributed by atoms with Crippen LogP contribution >= 0.6 is 0 Å². The third kappa shape index (κ3) is 3.64. The van der Waals surface area contributed by atoms with Crippen molar-refractivity contribution in [2.75, 3.05) is 39.4 Å². The molecule has 1 aromatic heterocycles. The lowest BCUT2D eigenvalue weighted by Gasteiger charge is -2.23. The Bertz CT molecular complexity index is 588. The summed E-state index contributed by atoms with van der Waals surface area (Å²) in [4.78, 5) is 25.8. The summed E-state index contributed by atoms with van der Waals surface area (Å²) in [5.74, 6) is 0.884. The van der Waals surface area contributed by atoms with E-state index in [0.29, 0.717) is 35.6 Å². The molecule has 0 bridgehead atoms. The zero-order valence-electron chi connectivity index (χ0n) is 13.7. The normalized spacial score (nSPS) is 18.7. The summed E-state index contributed by atoms with van der Waals surface area (Å²) < 4.78 is 11.0. The minimum absolute atomic E-state index is 0.0995. The molecule has 6 heteroatoms. The van der Waals surface area contributed by atoms with E-state index < -0.39 is 0 Å². The molecular formula is C17H25N2O4+. The fraction of sp³-hybridized carbons (Fsp3) is 0.647. The average Bonchev–Trinajstić information content (AvgIpc) is 2.91. The van der Waals surface area contributed by atoms with Crippen molar-refractivity contribution in [2.45, 2.75) is 32.6 Å². The number of ether oxygens (including phenoxy) is 1. The van der Waals surface area contributed by atoms with Crippen LogP contribution in [0, 0.1) is 6.92 Å². The molecule has 23 heavy (non-hydrogen) atoms. The van der Waals surface area contributed by atoms with E-state index >= 15 is 0 Å². The summed E-state index contributed by atoms with van der Waals surface area (Å²) in [6, 6.07) is 0. The van der Waals surface area contributed by atoms with Gasteiger partial charge in [0.2, 0.25) is 0 Å². The number of morpholine rings is 1. The van der Waals surface area contributed by atoms with E-state index in [2.05, 4.69) is 5.32 Å². The highest BCUT2D eigenvalue weighted by Gasteiger charge is 2.28. The number of carbonyl (C=O) groups excluding carboxylic acids is 2. The maximum absolute atomic E-state index is 12.3. The molecule has 0 radical (unpaired) electrons. The molecule has 0 atom stereocenters. The van der Waals surface area contributed by atoms with Crippen LogP contribution in [0.4, 0.5) is 0 Å². The highest BCUT2D eigenvalue weighted by atomic mass is 16.5. The minimum Gasteiger partial charge on any atom is -0.455 e. The van der Waals surface area contributed by atoms with Gasteiger partial charge in [-0.3, -0.25) is 9.59 Å². The van der Waals surface area contributed by atoms with Gasteiger partial charge in [0.25, 0.3) is 5.91 Å². The van der Waals surface area contributed by atoms with Crippen LogP contribution in [0.5, 0.6) is 0 Å². The summed E-state index contributed by atoms with van der Waals surface area (Å²) in [7, 11) is 0. The van der Waals surface area contributed by atoms with Crippen molar-refractivity contribution in [1.29, 1.82) is 0 Å². The first-order valence-corrected chi connectivity index (χ1v) is 8.52. The van der Waals surface area contributed by atoms with E-state index in [0.717, 1.165) is 52.1 Å². The molecular weight excluding hydrogens is 296 g/mol. The molecule has 126 valence electrons. The van der Waals surface area contributed by atoms with Crippen LogP contribution in [-0.2, 0) is 11.2 Å². The lowest BCUT2D eigenvalue weighted by Crippen LogP contribution is -3.14. The van der Waals surface area contributed by atoms with Gasteiger partial charge in [-0.15, -0.1) is 0 Å². The van der Waals surface area contributed by atoms with Crippen molar-refractivity contribution >= 4 is 11.7 Å². The SMILES string of the molecule is Cc1c(C(=O)NCCC[NH+]2CCOCC2)oc2c1C(=O)CCC2. The fourth-order valence-corrected chi connectivity index (χ4v) is 3.40. The summed E-state index contributed by atoms with van der Waals surface area (Å²) >= 11 is 0. The molecule has 0 aromatic carbocycles. The van der Waals surface area contributed by atoms with Gasteiger partial charge in [0.15, 0.2) is 11.5 Å². The lowest BCUT2D eigenvalue weighted by molar-refractivity contribution is -0.908. The largest absolute Gasteiger partial charge is 0.455 e. The second-order valence-corrected chi connectivity index (χ2v) is 6.35. The van der Waals surface area contributed by atoms with E-state index in [1.807, 2.05) is 0 Å². The number of nitrogens with one attached hydrogen (secondary N) is 2. The van der Waals surface area contributed by atoms with Crippen molar-refractivity contribution in [3.8, 4) is 0 Å². The molecule has 1 aliphatic carbocycles. The number of furan rings is 1. The molecule has 0 spiro atoms. The van der Waals surface area contributed by atoms with Crippen LogP contribution in [0.15, 0.2) is 4.42 Å². The van der Waals surface area contributed by atoms with Crippen LogP contribution in [0.3, 0.4) is 0 Å². The van der Waals surface area contributed by atoms with Gasteiger partial charge in [0.1, 0.15) is 18.8 Å². The molecule has 0 unspecified atom stereocenters. The molecule has 2 heterocycles. The monoisotopic (exact) mass is 321 g/mol. The quantitative estimate of drug-likeness (QED) is 0.757. The number of amides is 1. The van der Waals surface area contributed by atoms with Gasteiger partial charge in [0, 0.05) is 31.4 Å². The lowest BCUT2D eigenvalue weighted by atomic mass is 9.94. The number of Topliss-reactive ketones (excluding diaryl/α,β-unsaturated/α-hetero) is 1. The molecule has 6 nitrogen and oxygen atoms in total. The smallest absolute Gasteiger partial charge is 0.287 e. The number of fused-ring (bicyclic) bond motifs is 1. The molecule has 2 N–H and O–H groups in total. The first-order chi connectivity index (χ1) is 11.2. The van der Waals surface area contributed by atoms with Crippen molar-refractivity contribution < 1.29 is 23.6 Å². The topological polar surface area (TPSA) is 73.0 Å². The highest BCUT2D eigenvalue weighted by molar-refractivity contribution is 6.03. The van der Waals surface area contributed by atoms with Crippen LogP contribution < -0.4 is 10.2 Å². The Morgan fingerprint density at radius 2 is 2.04 bits per heavy atom. The van der Waals surface area contributed by atoms with Crippen molar-refractivity contribution in [3.05, 3.63) is 22.6 Å². The van der Waals surface area contributed by atoms with Crippen LogP contribution in [0.25, 0.3) is 0 Å². The summed E-state index contributed by atoms with van der Waals surface area (Å²) in [5, 5.41) is 2.91. The molecule has 2 aliphatic rings. The molecule has 1 amide bonds. The van der Waals surface area contributed by atoms with Gasteiger partial charge < -0.3 is 19.4 Å². The van der Waals surface area contributed by atoms with Gasteiger partial charge >= 0.3 is 0 Å². The zero-order chi connectivity index (χ0) is 16.2. The maximum atomic E-state index is 12.3. The van der Waals surface area contributed by atoms with Crippen LogP contribution in [0.2, 0.25) is 0 Å². The van der Waals surface area contributed by atoms with Crippen LogP contribution in [-0.4, -0.2) is 51.1 Å². The molecule has 0 saturated carbocycles. The van der Waals surface area contributed by atoms with Crippen molar-refractivity contribution in [1.82, 2.24) is 5.32 Å². The van der Waals surface area contributed by atoms with Crippen molar-refractivity contribution in [2.24, 2.45) is 0 Å². The Morgan fingerprint density at radius 1 is 1.26 bits per heavy atom. The standard InChI is InChI=1S/C17H24N2O4/c1-12-15-13(20)4-2-5-14(15)23-16(12)17(21)18-6-3-7-19-8-10-22-11-9-19/h2-11H2,1H3,(H,18,21)/p+1. The Hall–Kier alpha value is -1.66. The third-order valence-corrected chi connectivity index (χ3v) is 4.71. The molecule has 1 aromatic rings. The number of carbonyl (C=O) groups is 2. The number of quaternary nitrogens is 1. The molecule has 1 saturated heterocycles. The Kier molecular flexibility index (Phi) is 5.13. The second-order valence-electron chi connectivity index (χ2n) is 6.35. The van der Waals surface area contributed by atoms with Gasteiger partial charge in [-0.05, 0) is 13.3 Å². The minimum atomic E-state index is -0.207. The van der Waals surface area contributed by atoms with Gasteiger partial charge in [-0.1, -0.05) is 0 Å². The predicted molar refractivity (Wildman–Crippen MR) is 84.0 cm³/mol. The molecule has 3 rings (SSSR count). The second kappa shape index (κ2) is 7.27. The van der Waals surface area contributed by atoms with E-state index in [4.69, 9.17) is 9.15 Å².